The summed E-state index contributed by atoms with van der Waals surface area (Å²) in [6.45, 7) is 2.26. The van der Waals surface area contributed by atoms with E-state index in [0.717, 1.165) is 0 Å². The first-order valence-electron chi connectivity index (χ1n) is 5.97. The Bertz CT molecular complexity index is 497. The third kappa shape index (κ3) is 4.39. The smallest absolute Gasteiger partial charge is 0.268 e. The molecule has 0 bridgehead atoms. The van der Waals surface area contributed by atoms with Crippen LogP contribution in [0.5, 0.6) is 0 Å². The predicted octanol–water partition coefficient (Wildman–Crippen LogP) is -0.0608. The minimum Gasteiger partial charge on any atom is -0.387 e. The van der Waals surface area contributed by atoms with Crippen molar-refractivity contribution in [2.24, 2.45) is 7.05 Å². The number of aromatic nitrogens is 1. The monoisotopic (exact) mass is 264 g/mol. The predicted molar refractivity (Wildman–Crippen MR) is 71.6 cm³/mol. The van der Waals surface area contributed by atoms with Crippen LogP contribution in [0.4, 0.5) is 0 Å². The van der Waals surface area contributed by atoms with Gasteiger partial charge in [0.25, 0.3) is 5.91 Å². The van der Waals surface area contributed by atoms with E-state index in [-0.39, 0.29) is 12.5 Å². The Morgan fingerprint density at radius 3 is 2.74 bits per heavy atom. The molecule has 0 aliphatic carbocycles. The van der Waals surface area contributed by atoms with Crippen molar-refractivity contribution in [3.8, 4) is 6.07 Å². The Hall–Kier alpha value is -1.84. The van der Waals surface area contributed by atoms with Crippen LogP contribution in [-0.2, 0) is 7.05 Å². The first-order valence-corrected chi connectivity index (χ1v) is 5.97. The van der Waals surface area contributed by atoms with Gasteiger partial charge in [0.2, 0.25) is 0 Å². The van der Waals surface area contributed by atoms with E-state index in [4.69, 9.17) is 5.26 Å². The molecule has 1 rings (SSSR count). The van der Waals surface area contributed by atoms with Gasteiger partial charge < -0.3 is 19.9 Å². The van der Waals surface area contributed by atoms with E-state index in [2.05, 4.69) is 5.32 Å². The summed E-state index contributed by atoms with van der Waals surface area (Å²) in [5.74, 6) is -0.303. The molecule has 1 heterocycles. The number of nitrogens with zero attached hydrogens (tertiary/aromatic N) is 3. The van der Waals surface area contributed by atoms with Crippen LogP contribution < -0.4 is 5.32 Å². The van der Waals surface area contributed by atoms with E-state index in [1.165, 1.54) is 6.07 Å². The largest absolute Gasteiger partial charge is 0.387 e. The van der Waals surface area contributed by atoms with Gasteiger partial charge in [0.15, 0.2) is 0 Å². The van der Waals surface area contributed by atoms with Gasteiger partial charge in [-0.1, -0.05) is 0 Å². The Balaban J connectivity index is 2.65. The molecule has 1 atom stereocenters. The van der Waals surface area contributed by atoms with Gasteiger partial charge in [-0.3, -0.25) is 4.79 Å². The normalized spacial score (nSPS) is 13.9. The number of nitriles is 1. The molecule has 1 aromatic rings. The highest BCUT2D eigenvalue weighted by molar-refractivity contribution is 5.93. The third-order valence-electron chi connectivity index (χ3n) is 2.65. The molecule has 1 aromatic heterocycles. The summed E-state index contributed by atoms with van der Waals surface area (Å²) < 4.78 is 1.59. The lowest BCUT2D eigenvalue weighted by molar-refractivity contribution is 0.0324. The van der Waals surface area contributed by atoms with E-state index in [1.807, 2.05) is 25.1 Å². The lowest BCUT2D eigenvalue weighted by Gasteiger charge is -2.27. The van der Waals surface area contributed by atoms with Crippen molar-refractivity contribution in [1.29, 1.82) is 5.26 Å². The zero-order valence-electron chi connectivity index (χ0n) is 11.8. The average molecular weight is 264 g/mol. The average Bonchev–Trinajstić information content (AvgIpc) is 2.66. The van der Waals surface area contributed by atoms with Crippen molar-refractivity contribution in [2.75, 3.05) is 27.2 Å². The molecule has 1 unspecified atom stereocenters. The van der Waals surface area contributed by atoms with Crippen molar-refractivity contribution in [2.45, 2.75) is 12.5 Å². The molecule has 6 heteroatoms. The lowest BCUT2D eigenvalue weighted by atomic mass is 10.1. The summed E-state index contributed by atoms with van der Waals surface area (Å²) in [5, 5.41) is 21.5. The van der Waals surface area contributed by atoms with E-state index >= 15 is 0 Å². The number of nitrogens with one attached hydrogen (secondary N) is 1. The zero-order chi connectivity index (χ0) is 14.6. The van der Waals surface area contributed by atoms with E-state index in [1.54, 1.807) is 24.7 Å². The fraction of sp³-hybridized carbons (Fsp3) is 0.538. The van der Waals surface area contributed by atoms with Crippen LogP contribution in [0.25, 0.3) is 0 Å². The van der Waals surface area contributed by atoms with E-state index in [9.17, 15) is 9.90 Å². The van der Waals surface area contributed by atoms with Crippen molar-refractivity contribution >= 4 is 5.91 Å². The standard InChI is InChI=1S/C13H20N4O2/c1-13(19,9-16(2)3)8-15-12(18)11-5-10(6-14)7-17(11)4/h5,7,19H,8-9H2,1-4H3,(H,15,18). The minimum absolute atomic E-state index is 0.150. The maximum atomic E-state index is 12.0. The lowest BCUT2D eigenvalue weighted by Crippen LogP contribution is -2.47. The number of amides is 1. The molecular weight excluding hydrogens is 244 g/mol. The van der Waals surface area contributed by atoms with Crippen molar-refractivity contribution in [3.05, 3.63) is 23.5 Å². The molecule has 0 fully saturated rings. The summed E-state index contributed by atoms with van der Waals surface area (Å²) in [7, 11) is 5.41. The molecule has 2 N–H and O–H groups in total. The highest BCUT2D eigenvalue weighted by atomic mass is 16.3. The topological polar surface area (TPSA) is 81.3 Å². The third-order valence-corrected chi connectivity index (χ3v) is 2.65. The van der Waals surface area contributed by atoms with Gasteiger partial charge >= 0.3 is 0 Å². The van der Waals surface area contributed by atoms with Gasteiger partial charge in [-0.15, -0.1) is 0 Å². The van der Waals surface area contributed by atoms with Crippen LogP contribution in [0, 0.1) is 11.3 Å². The number of carbonyl (C=O) groups excluding carboxylic acids is 1. The maximum absolute atomic E-state index is 12.0. The summed E-state index contributed by atoms with van der Waals surface area (Å²) in [6, 6.07) is 3.51. The first-order chi connectivity index (χ1) is 8.75. The second kappa shape index (κ2) is 5.87. The Morgan fingerprint density at radius 2 is 2.26 bits per heavy atom. The van der Waals surface area contributed by atoms with Crippen LogP contribution in [-0.4, -0.2) is 53.3 Å². The summed E-state index contributed by atoms with van der Waals surface area (Å²) in [6.07, 6.45) is 1.59. The van der Waals surface area contributed by atoms with Gasteiger partial charge in [0.05, 0.1) is 11.2 Å². The molecule has 0 aliphatic rings. The number of hydrogen-bond donors (Lipinski definition) is 2. The molecule has 1 amide bonds. The SMILES string of the molecule is CN(C)CC(C)(O)CNC(=O)c1cc(C#N)cn1C. The quantitative estimate of drug-likeness (QED) is 0.780. The molecule has 19 heavy (non-hydrogen) atoms. The Labute approximate surface area is 113 Å². The number of rotatable bonds is 5. The van der Waals surface area contributed by atoms with Crippen LogP contribution >= 0.6 is 0 Å². The second-order valence-electron chi connectivity index (χ2n) is 5.25. The van der Waals surface area contributed by atoms with Gasteiger partial charge in [-0.05, 0) is 27.1 Å². The number of hydrogen-bond acceptors (Lipinski definition) is 4. The second-order valence-corrected chi connectivity index (χ2v) is 5.25. The van der Waals surface area contributed by atoms with Crippen LogP contribution in [0.1, 0.15) is 23.0 Å². The van der Waals surface area contributed by atoms with Crippen LogP contribution in [0.15, 0.2) is 12.3 Å². The number of aliphatic hydroxyl groups is 1. The summed E-state index contributed by atoms with van der Waals surface area (Å²) in [5.41, 5.74) is -0.160. The minimum atomic E-state index is -0.998. The zero-order valence-corrected chi connectivity index (χ0v) is 11.8. The maximum Gasteiger partial charge on any atom is 0.268 e. The van der Waals surface area contributed by atoms with Gasteiger partial charge in [0.1, 0.15) is 11.8 Å². The van der Waals surface area contributed by atoms with Crippen LogP contribution in [0.2, 0.25) is 0 Å². The van der Waals surface area contributed by atoms with Crippen molar-refractivity contribution < 1.29 is 9.90 Å². The highest BCUT2D eigenvalue weighted by Gasteiger charge is 2.23. The van der Waals surface area contributed by atoms with E-state index in [0.29, 0.717) is 17.8 Å². The molecule has 0 saturated carbocycles. The summed E-state index contributed by atoms with van der Waals surface area (Å²) >= 11 is 0. The van der Waals surface area contributed by atoms with Gasteiger partial charge in [-0.25, -0.2) is 0 Å². The Morgan fingerprint density at radius 1 is 1.63 bits per heavy atom. The van der Waals surface area contributed by atoms with Gasteiger partial charge in [0, 0.05) is 26.3 Å². The van der Waals surface area contributed by atoms with Crippen molar-refractivity contribution in [1.82, 2.24) is 14.8 Å². The van der Waals surface area contributed by atoms with Crippen LogP contribution in [0.3, 0.4) is 0 Å². The number of carbonyl (C=O) groups is 1. The molecule has 0 spiro atoms. The Kier molecular flexibility index (Phi) is 4.70. The molecule has 0 saturated heterocycles. The molecular formula is C13H20N4O2. The fourth-order valence-corrected chi connectivity index (χ4v) is 1.95. The number of aryl methyl sites for hydroxylation is 1. The molecule has 0 aliphatic heterocycles. The first kappa shape index (κ1) is 15.2. The molecule has 0 radical (unpaired) electrons. The number of likely N-dealkylation sites (N-methyl/N-ethyl adjacent to an activating group) is 1. The summed E-state index contributed by atoms with van der Waals surface area (Å²) in [4.78, 5) is 13.8. The molecule has 0 aromatic carbocycles. The molecule has 6 nitrogen and oxygen atoms in total. The van der Waals surface area contributed by atoms with Crippen molar-refractivity contribution in [3.63, 3.8) is 0 Å². The fourth-order valence-electron chi connectivity index (χ4n) is 1.95. The van der Waals surface area contributed by atoms with Gasteiger partial charge in [-0.2, -0.15) is 5.26 Å². The highest BCUT2D eigenvalue weighted by Crippen LogP contribution is 2.07. The molecule has 104 valence electrons. The van der Waals surface area contributed by atoms with E-state index < -0.39 is 5.60 Å².